The van der Waals surface area contributed by atoms with Crippen molar-refractivity contribution in [3.05, 3.63) is 59.5 Å². The number of amides is 1. The zero-order valence-corrected chi connectivity index (χ0v) is 12.7. The summed E-state index contributed by atoms with van der Waals surface area (Å²) < 4.78 is 9.94. The summed E-state index contributed by atoms with van der Waals surface area (Å²) >= 11 is 0. The minimum absolute atomic E-state index is 0.135. The molecular formula is C17H19NO4. The lowest BCUT2D eigenvalue weighted by atomic mass is 10.1. The van der Waals surface area contributed by atoms with Crippen molar-refractivity contribution in [1.82, 2.24) is 4.90 Å². The second-order valence-electron chi connectivity index (χ2n) is 5.00. The lowest BCUT2D eigenvalue weighted by Crippen LogP contribution is -2.32. The average Bonchev–Trinajstić information content (AvgIpc) is 3.03. The summed E-state index contributed by atoms with van der Waals surface area (Å²) in [6.07, 6.45) is 1.71. The standard InChI is InChI=1S/C17H19NO4/c1-13-5-3-6-14(11-13)17(20)18(9-8-16(19)21-2)12-15-7-4-10-22-15/h3-7,10-11H,8-9,12H2,1-2H3. The van der Waals surface area contributed by atoms with Crippen LogP contribution in [0.2, 0.25) is 0 Å². The van der Waals surface area contributed by atoms with Gasteiger partial charge in [0.25, 0.3) is 5.91 Å². The highest BCUT2D eigenvalue weighted by Crippen LogP contribution is 2.13. The maximum atomic E-state index is 12.7. The van der Waals surface area contributed by atoms with E-state index in [2.05, 4.69) is 4.74 Å². The Balaban J connectivity index is 2.15. The van der Waals surface area contributed by atoms with Gasteiger partial charge in [0.1, 0.15) is 5.76 Å². The van der Waals surface area contributed by atoms with E-state index in [9.17, 15) is 9.59 Å². The first-order valence-corrected chi connectivity index (χ1v) is 7.05. The molecule has 0 radical (unpaired) electrons. The van der Waals surface area contributed by atoms with E-state index in [1.165, 1.54) is 7.11 Å². The average molecular weight is 301 g/mol. The number of ether oxygens (including phenoxy) is 1. The summed E-state index contributed by atoms with van der Waals surface area (Å²) in [6.45, 7) is 2.53. The van der Waals surface area contributed by atoms with Gasteiger partial charge in [-0.3, -0.25) is 9.59 Å². The van der Waals surface area contributed by atoms with Crippen LogP contribution in [0.15, 0.2) is 47.1 Å². The third-order valence-corrected chi connectivity index (χ3v) is 3.29. The molecule has 0 atom stereocenters. The highest BCUT2D eigenvalue weighted by atomic mass is 16.5. The molecule has 116 valence electrons. The van der Waals surface area contributed by atoms with Gasteiger partial charge in [-0.15, -0.1) is 0 Å². The molecule has 0 aliphatic carbocycles. The van der Waals surface area contributed by atoms with Crippen molar-refractivity contribution in [3.8, 4) is 0 Å². The van der Waals surface area contributed by atoms with Gasteiger partial charge in [-0.25, -0.2) is 0 Å². The Hall–Kier alpha value is -2.56. The Morgan fingerprint density at radius 1 is 1.23 bits per heavy atom. The van der Waals surface area contributed by atoms with Gasteiger partial charge < -0.3 is 14.1 Å². The van der Waals surface area contributed by atoms with Crippen LogP contribution in [0.3, 0.4) is 0 Å². The van der Waals surface area contributed by atoms with E-state index < -0.39 is 0 Å². The highest BCUT2D eigenvalue weighted by molar-refractivity contribution is 5.94. The Morgan fingerprint density at radius 3 is 2.68 bits per heavy atom. The topological polar surface area (TPSA) is 59.8 Å². The molecule has 0 aliphatic rings. The van der Waals surface area contributed by atoms with Crippen LogP contribution in [-0.2, 0) is 16.1 Å². The SMILES string of the molecule is COC(=O)CCN(Cc1ccco1)C(=O)c1cccc(C)c1. The molecule has 0 aliphatic heterocycles. The number of carbonyl (C=O) groups is 2. The molecule has 1 aromatic heterocycles. The van der Waals surface area contributed by atoms with Crippen LogP contribution in [0.1, 0.15) is 28.1 Å². The molecule has 1 amide bonds. The molecular weight excluding hydrogens is 282 g/mol. The summed E-state index contributed by atoms with van der Waals surface area (Å²) in [6, 6.07) is 10.9. The first kappa shape index (κ1) is 15.8. The highest BCUT2D eigenvalue weighted by Gasteiger charge is 2.18. The number of hydrogen-bond acceptors (Lipinski definition) is 4. The van der Waals surface area contributed by atoms with Gasteiger partial charge in [0.15, 0.2) is 0 Å². The Morgan fingerprint density at radius 2 is 2.05 bits per heavy atom. The Kier molecular flexibility index (Phi) is 5.36. The van der Waals surface area contributed by atoms with Crippen molar-refractivity contribution < 1.29 is 18.7 Å². The minimum atomic E-state index is -0.346. The smallest absolute Gasteiger partial charge is 0.307 e. The fraction of sp³-hybridized carbons (Fsp3) is 0.294. The Labute approximate surface area is 129 Å². The molecule has 1 aromatic carbocycles. The monoisotopic (exact) mass is 301 g/mol. The third kappa shape index (κ3) is 4.22. The molecule has 5 heteroatoms. The van der Waals surface area contributed by atoms with Gasteiger partial charge in [0.05, 0.1) is 26.3 Å². The summed E-state index contributed by atoms with van der Waals surface area (Å²) in [5.41, 5.74) is 1.60. The molecule has 22 heavy (non-hydrogen) atoms. The number of benzene rings is 1. The third-order valence-electron chi connectivity index (χ3n) is 3.29. The van der Waals surface area contributed by atoms with E-state index in [1.54, 1.807) is 29.4 Å². The molecule has 2 aromatic rings. The lowest BCUT2D eigenvalue weighted by Gasteiger charge is -2.21. The first-order chi connectivity index (χ1) is 10.6. The number of aryl methyl sites for hydroxylation is 1. The van der Waals surface area contributed by atoms with Gasteiger partial charge in [-0.05, 0) is 31.2 Å². The van der Waals surface area contributed by atoms with Crippen LogP contribution in [-0.4, -0.2) is 30.4 Å². The molecule has 0 bridgehead atoms. The number of carbonyl (C=O) groups excluding carboxylic acids is 2. The maximum absolute atomic E-state index is 12.7. The predicted octanol–water partition coefficient (Wildman–Crippen LogP) is 2.79. The molecule has 2 rings (SSSR count). The van der Waals surface area contributed by atoms with E-state index >= 15 is 0 Å². The molecule has 0 fully saturated rings. The number of nitrogens with zero attached hydrogens (tertiary/aromatic N) is 1. The fourth-order valence-electron chi connectivity index (χ4n) is 2.13. The normalized spacial score (nSPS) is 10.3. The Bertz CT molecular complexity index is 634. The molecule has 0 saturated heterocycles. The van der Waals surface area contributed by atoms with Crippen molar-refractivity contribution in [3.63, 3.8) is 0 Å². The molecule has 5 nitrogen and oxygen atoms in total. The van der Waals surface area contributed by atoms with E-state index in [0.717, 1.165) is 5.56 Å². The fourth-order valence-corrected chi connectivity index (χ4v) is 2.13. The molecule has 1 heterocycles. The number of furan rings is 1. The van der Waals surface area contributed by atoms with Gasteiger partial charge in [0.2, 0.25) is 0 Å². The molecule has 0 unspecified atom stereocenters. The summed E-state index contributed by atoms with van der Waals surface area (Å²) in [7, 11) is 1.33. The van der Waals surface area contributed by atoms with Gasteiger partial charge >= 0.3 is 5.97 Å². The van der Waals surface area contributed by atoms with Crippen LogP contribution in [0.5, 0.6) is 0 Å². The minimum Gasteiger partial charge on any atom is -0.469 e. The largest absolute Gasteiger partial charge is 0.469 e. The summed E-state index contributed by atoms with van der Waals surface area (Å²) in [5, 5.41) is 0. The zero-order valence-electron chi connectivity index (χ0n) is 12.7. The van der Waals surface area contributed by atoms with Crippen molar-refractivity contribution in [2.24, 2.45) is 0 Å². The number of esters is 1. The molecule has 0 spiro atoms. The van der Waals surface area contributed by atoms with Crippen molar-refractivity contribution in [2.75, 3.05) is 13.7 Å². The number of rotatable bonds is 6. The van der Waals surface area contributed by atoms with Crippen LogP contribution < -0.4 is 0 Å². The van der Waals surface area contributed by atoms with E-state index in [-0.39, 0.29) is 24.8 Å². The number of hydrogen-bond donors (Lipinski definition) is 0. The predicted molar refractivity (Wildman–Crippen MR) is 81.3 cm³/mol. The summed E-state index contributed by atoms with van der Waals surface area (Å²) in [4.78, 5) is 25.6. The molecule has 0 saturated carbocycles. The maximum Gasteiger partial charge on any atom is 0.307 e. The van der Waals surface area contributed by atoms with Crippen molar-refractivity contribution in [1.29, 1.82) is 0 Å². The second kappa shape index (κ2) is 7.45. The van der Waals surface area contributed by atoms with Gasteiger partial charge in [-0.2, -0.15) is 0 Å². The van der Waals surface area contributed by atoms with Crippen LogP contribution >= 0.6 is 0 Å². The van der Waals surface area contributed by atoms with Gasteiger partial charge in [-0.1, -0.05) is 17.7 Å². The molecule has 0 N–H and O–H groups in total. The van der Waals surface area contributed by atoms with E-state index in [0.29, 0.717) is 17.9 Å². The van der Waals surface area contributed by atoms with Crippen molar-refractivity contribution in [2.45, 2.75) is 19.9 Å². The number of methoxy groups -OCH3 is 1. The van der Waals surface area contributed by atoms with E-state index in [1.807, 2.05) is 25.1 Å². The zero-order chi connectivity index (χ0) is 15.9. The first-order valence-electron chi connectivity index (χ1n) is 7.05. The second-order valence-corrected chi connectivity index (χ2v) is 5.00. The van der Waals surface area contributed by atoms with E-state index in [4.69, 9.17) is 4.42 Å². The van der Waals surface area contributed by atoms with Gasteiger partial charge in [0, 0.05) is 12.1 Å². The lowest BCUT2D eigenvalue weighted by molar-refractivity contribution is -0.140. The van der Waals surface area contributed by atoms with Crippen LogP contribution in [0, 0.1) is 6.92 Å². The summed E-state index contributed by atoms with van der Waals surface area (Å²) in [5.74, 6) is 0.191. The quantitative estimate of drug-likeness (QED) is 0.770. The van der Waals surface area contributed by atoms with Crippen LogP contribution in [0.25, 0.3) is 0 Å². The van der Waals surface area contributed by atoms with Crippen LogP contribution in [0.4, 0.5) is 0 Å². The van der Waals surface area contributed by atoms with Crippen molar-refractivity contribution >= 4 is 11.9 Å².